The largest absolute Gasteiger partial charge is 0.489 e. The maximum absolute atomic E-state index is 13.6. The molecule has 0 radical (unpaired) electrons. The van der Waals surface area contributed by atoms with Crippen molar-refractivity contribution in [3.05, 3.63) is 65.2 Å². The van der Waals surface area contributed by atoms with Crippen LogP contribution in [0, 0.1) is 11.6 Å². The second kappa shape index (κ2) is 5.60. The van der Waals surface area contributed by atoms with Crippen LogP contribution in [0.5, 0.6) is 5.75 Å². The quantitative estimate of drug-likeness (QED) is 0.904. The van der Waals surface area contributed by atoms with Gasteiger partial charge in [0.15, 0.2) is 0 Å². The summed E-state index contributed by atoms with van der Waals surface area (Å²) in [6.07, 6.45) is 0. The molecule has 0 aliphatic carbocycles. The lowest BCUT2D eigenvalue weighted by Gasteiger charge is -2.08. The van der Waals surface area contributed by atoms with Crippen LogP contribution in [0.4, 0.5) is 8.78 Å². The molecular weight excluding hydrogens is 236 g/mol. The Balaban J connectivity index is 2.06. The van der Waals surface area contributed by atoms with Crippen molar-refractivity contribution in [3.8, 4) is 5.75 Å². The van der Waals surface area contributed by atoms with Gasteiger partial charge in [-0.05, 0) is 23.8 Å². The smallest absolute Gasteiger partial charge is 0.130 e. The van der Waals surface area contributed by atoms with Gasteiger partial charge in [-0.1, -0.05) is 18.2 Å². The summed E-state index contributed by atoms with van der Waals surface area (Å²) < 4.78 is 31.8. The highest BCUT2D eigenvalue weighted by Crippen LogP contribution is 2.16. The van der Waals surface area contributed by atoms with Crippen LogP contribution >= 0.6 is 0 Å². The minimum atomic E-state index is -0.383. The van der Waals surface area contributed by atoms with E-state index in [0.29, 0.717) is 17.9 Å². The highest BCUT2D eigenvalue weighted by atomic mass is 19.1. The summed E-state index contributed by atoms with van der Waals surface area (Å²) in [6.45, 7) is 0.349. The first kappa shape index (κ1) is 12.5. The Labute approximate surface area is 104 Å². The number of rotatable bonds is 4. The van der Waals surface area contributed by atoms with Gasteiger partial charge in [0.05, 0.1) is 0 Å². The van der Waals surface area contributed by atoms with Gasteiger partial charge < -0.3 is 10.5 Å². The molecule has 0 fully saturated rings. The molecule has 2 nitrogen and oxygen atoms in total. The first-order valence-corrected chi connectivity index (χ1v) is 5.55. The van der Waals surface area contributed by atoms with Crippen LogP contribution in [0.2, 0.25) is 0 Å². The molecule has 0 unspecified atom stereocenters. The fraction of sp³-hybridized carbons (Fsp3) is 0.143. The topological polar surface area (TPSA) is 35.2 Å². The van der Waals surface area contributed by atoms with Gasteiger partial charge in [0.2, 0.25) is 0 Å². The Morgan fingerprint density at radius 1 is 1.06 bits per heavy atom. The molecule has 0 spiro atoms. The van der Waals surface area contributed by atoms with E-state index in [4.69, 9.17) is 10.5 Å². The van der Waals surface area contributed by atoms with Gasteiger partial charge >= 0.3 is 0 Å². The van der Waals surface area contributed by atoms with E-state index < -0.39 is 0 Å². The van der Waals surface area contributed by atoms with E-state index in [1.165, 1.54) is 18.2 Å². The van der Waals surface area contributed by atoms with Gasteiger partial charge in [-0.15, -0.1) is 0 Å². The predicted octanol–water partition coefficient (Wildman–Crippen LogP) is 3.00. The summed E-state index contributed by atoms with van der Waals surface area (Å²) in [4.78, 5) is 0. The Bertz CT molecular complexity index is 543. The predicted molar refractivity (Wildman–Crippen MR) is 65.0 cm³/mol. The highest BCUT2D eigenvalue weighted by Gasteiger charge is 2.04. The molecule has 2 aromatic carbocycles. The van der Waals surface area contributed by atoms with Crippen molar-refractivity contribution in [2.24, 2.45) is 5.73 Å². The maximum Gasteiger partial charge on any atom is 0.130 e. The maximum atomic E-state index is 13.6. The van der Waals surface area contributed by atoms with Gasteiger partial charge in [0.25, 0.3) is 0 Å². The zero-order chi connectivity index (χ0) is 13.0. The Morgan fingerprint density at radius 3 is 2.56 bits per heavy atom. The van der Waals surface area contributed by atoms with Gasteiger partial charge in [0, 0.05) is 18.2 Å². The van der Waals surface area contributed by atoms with E-state index in [1.54, 1.807) is 24.3 Å². The summed E-state index contributed by atoms with van der Waals surface area (Å²) in [5, 5.41) is 0. The van der Waals surface area contributed by atoms with Crippen LogP contribution in [0.15, 0.2) is 42.5 Å². The van der Waals surface area contributed by atoms with Crippen molar-refractivity contribution in [2.75, 3.05) is 0 Å². The molecule has 2 N–H and O–H groups in total. The van der Waals surface area contributed by atoms with Crippen molar-refractivity contribution in [2.45, 2.75) is 13.2 Å². The molecule has 0 aliphatic rings. The second-order valence-corrected chi connectivity index (χ2v) is 3.88. The van der Waals surface area contributed by atoms with E-state index in [1.807, 2.05) is 0 Å². The lowest BCUT2D eigenvalue weighted by molar-refractivity contribution is 0.298. The fourth-order valence-corrected chi connectivity index (χ4v) is 1.55. The SMILES string of the molecule is NCc1ccc(COc2cccc(F)c2)c(F)c1. The Morgan fingerprint density at radius 2 is 1.89 bits per heavy atom. The zero-order valence-corrected chi connectivity index (χ0v) is 9.70. The van der Waals surface area contributed by atoms with E-state index in [-0.39, 0.29) is 18.2 Å². The Kier molecular flexibility index (Phi) is 3.89. The number of halogens is 2. The summed E-state index contributed by atoms with van der Waals surface area (Å²) in [7, 11) is 0. The molecule has 0 aromatic heterocycles. The minimum Gasteiger partial charge on any atom is -0.489 e. The second-order valence-electron chi connectivity index (χ2n) is 3.88. The molecule has 2 rings (SSSR count). The van der Waals surface area contributed by atoms with Crippen molar-refractivity contribution >= 4 is 0 Å². The lowest BCUT2D eigenvalue weighted by atomic mass is 10.1. The number of hydrogen-bond acceptors (Lipinski definition) is 2. The van der Waals surface area contributed by atoms with Crippen molar-refractivity contribution in [3.63, 3.8) is 0 Å². The molecule has 0 saturated heterocycles. The third-order valence-electron chi connectivity index (χ3n) is 2.54. The molecule has 0 saturated carbocycles. The minimum absolute atomic E-state index is 0.0557. The number of ether oxygens (including phenoxy) is 1. The summed E-state index contributed by atoms with van der Waals surface area (Å²) in [5.41, 5.74) is 6.55. The van der Waals surface area contributed by atoms with Gasteiger partial charge in [-0.25, -0.2) is 8.78 Å². The molecule has 4 heteroatoms. The van der Waals surface area contributed by atoms with Crippen LogP contribution in [0.25, 0.3) is 0 Å². The van der Waals surface area contributed by atoms with E-state index in [2.05, 4.69) is 0 Å². The van der Waals surface area contributed by atoms with Gasteiger partial charge in [-0.2, -0.15) is 0 Å². The zero-order valence-electron chi connectivity index (χ0n) is 9.70. The van der Waals surface area contributed by atoms with E-state index >= 15 is 0 Å². The van der Waals surface area contributed by atoms with Crippen LogP contribution in [0.3, 0.4) is 0 Å². The normalized spacial score (nSPS) is 10.4. The molecular formula is C14H13F2NO. The third-order valence-corrected chi connectivity index (χ3v) is 2.54. The van der Waals surface area contributed by atoms with Crippen LogP contribution in [0.1, 0.15) is 11.1 Å². The lowest BCUT2D eigenvalue weighted by Crippen LogP contribution is -2.02. The average molecular weight is 249 g/mol. The molecule has 94 valence electrons. The standard InChI is InChI=1S/C14H13F2NO/c15-12-2-1-3-13(7-12)18-9-11-5-4-10(8-17)6-14(11)16/h1-7H,8-9,17H2. The van der Waals surface area contributed by atoms with Crippen LogP contribution in [-0.4, -0.2) is 0 Å². The molecule has 0 aliphatic heterocycles. The number of benzene rings is 2. The molecule has 2 aromatic rings. The molecule has 0 atom stereocenters. The first-order valence-electron chi connectivity index (χ1n) is 5.55. The molecule has 18 heavy (non-hydrogen) atoms. The van der Waals surface area contributed by atoms with E-state index in [0.717, 1.165) is 5.56 Å². The monoisotopic (exact) mass is 249 g/mol. The summed E-state index contributed by atoms with van der Waals surface area (Å²) >= 11 is 0. The summed E-state index contributed by atoms with van der Waals surface area (Å²) in [5.74, 6) is -0.377. The summed E-state index contributed by atoms with van der Waals surface area (Å²) in [6, 6.07) is 10.5. The van der Waals surface area contributed by atoms with Gasteiger partial charge in [-0.3, -0.25) is 0 Å². The molecule has 0 amide bonds. The number of hydrogen-bond donors (Lipinski definition) is 1. The molecule has 0 bridgehead atoms. The Hall–Kier alpha value is -1.94. The van der Waals surface area contributed by atoms with E-state index in [9.17, 15) is 8.78 Å². The first-order chi connectivity index (χ1) is 8.69. The van der Waals surface area contributed by atoms with Crippen molar-refractivity contribution in [1.29, 1.82) is 0 Å². The van der Waals surface area contributed by atoms with Crippen LogP contribution < -0.4 is 10.5 Å². The number of nitrogens with two attached hydrogens (primary N) is 1. The van der Waals surface area contributed by atoms with Crippen molar-refractivity contribution in [1.82, 2.24) is 0 Å². The van der Waals surface area contributed by atoms with Crippen molar-refractivity contribution < 1.29 is 13.5 Å². The third kappa shape index (κ3) is 3.05. The highest BCUT2D eigenvalue weighted by molar-refractivity contribution is 5.26. The fourth-order valence-electron chi connectivity index (χ4n) is 1.55. The average Bonchev–Trinajstić information content (AvgIpc) is 2.37. The molecule has 0 heterocycles. The van der Waals surface area contributed by atoms with Gasteiger partial charge in [0.1, 0.15) is 24.0 Å². The van der Waals surface area contributed by atoms with Crippen LogP contribution in [-0.2, 0) is 13.2 Å².